The van der Waals surface area contributed by atoms with Crippen molar-refractivity contribution in [3.05, 3.63) is 69.0 Å². The van der Waals surface area contributed by atoms with E-state index in [-0.39, 0.29) is 23.6 Å². The molecule has 1 aliphatic carbocycles. The second-order valence-corrected chi connectivity index (χ2v) is 7.42. The first-order valence-electron chi connectivity index (χ1n) is 9.99. The molecular formula is C22H24N4O3. The molecule has 7 nitrogen and oxygen atoms in total. The number of benzene rings is 1. The number of amides is 1. The minimum absolute atomic E-state index is 0.157. The van der Waals surface area contributed by atoms with E-state index in [9.17, 15) is 9.59 Å². The Morgan fingerprint density at radius 3 is 2.86 bits per heavy atom. The number of aromatic nitrogens is 3. The summed E-state index contributed by atoms with van der Waals surface area (Å²) in [7, 11) is 0. The van der Waals surface area contributed by atoms with Crippen LogP contribution in [-0.4, -0.2) is 32.5 Å². The fraction of sp³-hybridized carbons (Fsp3) is 0.364. The van der Waals surface area contributed by atoms with Gasteiger partial charge in [0.2, 0.25) is 11.7 Å². The van der Waals surface area contributed by atoms with Crippen LogP contribution < -0.4 is 5.56 Å². The van der Waals surface area contributed by atoms with Crippen molar-refractivity contribution in [3.63, 3.8) is 0 Å². The molecule has 1 N–H and O–H groups in total. The number of nitrogens with one attached hydrogen (secondary N) is 1. The van der Waals surface area contributed by atoms with E-state index in [1.807, 2.05) is 38.1 Å². The van der Waals surface area contributed by atoms with Gasteiger partial charge >= 0.3 is 0 Å². The molecule has 0 spiro atoms. The van der Waals surface area contributed by atoms with Crippen LogP contribution in [0.2, 0.25) is 0 Å². The molecule has 0 atom stereocenters. The van der Waals surface area contributed by atoms with Gasteiger partial charge in [0.1, 0.15) is 12.1 Å². The predicted octanol–water partition coefficient (Wildman–Crippen LogP) is 3.27. The van der Waals surface area contributed by atoms with Crippen LogP contribution in [-0.2, 0) is 19.4 Å². The standard InChI is InChI=1S/C22H24N4O3/c1-3-26(13-19-24-20(25-29-19)16-9-6-7-14(2)11-16)22(28)17-12-15-8-4-5-10-18(15)23-21(17)27/h6-7,9,11-12H,3-5,8,10,13H2,1-2H3,(H,23,27). The summed E-state index contributed by atoms with van der Waals surface area (Å²) in [6.45, 7) is 4.45. The number of H-pyrrole nitrogens is 1. The van der Waals surface area contributed by atoms with E-state index in [0.29, 0.717) is 18.3 Å². The van der Waals surface area contributed by atoms with Crippen molar-refractivity contribution in [2.75, 3.05) is 6.54 Å². The molecule has 3 aromatic rings. The number of aromatic amines is 1. The van der Waals surface area contributed by atoms with Crippen LogP contribution in [0.4, 0.5) is 0 Å². The Bertz CT molecular complexity index is 1100. The maximum absolute atomic E-state index is 13.0. The molecule has 1 amide bonds. The van der Waals surface area contributed by atoms with E-state index in [4.69, 9.17) is 4.52 Å². The normalized spacial score (nSPS) is 13.2. The van der Waals surface area contributed by atoms with Crippen LogP contribution >= 0.6 is 0 Å². The van der Waals surface area contributed by atoms with Gasteiger partial charge in [-0.05, 0) is 57.2 Å². The SMILES string of the molecule is CCN(Cc1nc(-c2cccc(C)c2)no1)C(=O)c1cc2c([nH]c1=O)CCCC2. The summed E-state index contributed by atoms with van der Waals surface area (Å²) in [6.07, 6.45) is 3.90. The first-order chi connectivity index (χ1) is 14.0. The highest BCUT2D eigenvalue weighted by atomic mass is 16.5. The lowest BCUT2D eigenvalue weighted by molar-refractivity contribution is 0.0732. The van der Waals surface area contributed by atoms with E-state index >= 15 is 0 Å². The number of nitrogens with zero attached hydrogens (tertiary/aromatic N) is 3. The number of pyridine rings is 1. The molecule has 2 heterocycles. The first-order valence-corrected chi connectivity index (χ1v) is 9.99. The molecule has 0 aliphatic heterocycles. The number of carbonyl (C=O) groups excluding carboxylic acids is 1. The van der Waals surface area contributed by atoms with Crippen molar-refractivity contribution >= 4 is 5.91 Å². The van der Waals surface area contributed by atoms with Crippen molar-refractivity contribution in [2.45, 2.75) is 46.1 Å². The van der Waals surface area contributed by atoms with Gasteiger partial charge in [0.25, 0.3) is 11.5 Å². The second kappa shape index (κ2) is 8.03. The van der Waals surface area contributed by atoms with Crippen LogP contribution in [0.5, 0.6) is 0 Å². The maximum atomic E-state index is 13.0. The average molecular weight is 392 g/mol. The molecule has 4 rings (SSSR count). The molecule has 0 saturated heterocycles. The van der Waals surface area contributed by atoms with E-state index in [1.165, 1.54) is 0 Å². The van der Waals surface area contributed by atoms with Crippen molar-refractivity contribution in [2.24, 2.45) is 0 Å². The number of rotatable bonds is 5. The zero-order chi connectivity index (χ0) is 20.4. The van der Waals surface area contributed by atoms with Crippen LogP contribution in [0.1, 0.15) is 52.8 Å². The summed E-state index contributed by atoms with van der Waals surface area (Å²) < 4.78 is 5.36. The minimum Gasteiger partial charge on any atom is -0.337 e. The van der Waals surface area contributed by atoms with Gasteiger partial charge in [-0.1, -0.05) is 28.9 Å². The van der Waals surface area contributed by atoms with Crippen LogP contribution in [0, 0.1) is 6.92 Å². The fourth-order valence-corrected chi connectivity index (χ4v) is 3.72. The predicted molar refractivity (Wildman–Crippen MR) is 109 cm³/mol. The zero-order valence-corrected chi connectivity index (χ0v) is 16.7. The summed E-state index contributed by atoms with van der Waals surface area (Å²) in [5.74, 6) is 0.502. The lowest BCUT2D eigenvalue weighted by Crippen LogP contribution is -2.35. The van der Waals surface area contributed by atoms with Gasteiger partial charge in [0.15, 0.2) is 0 Å². The maximum Gasteiger partial charge on any atom is 0.261 e. The van der Waals surface area contributed by atoms with Crippen molar-refractivity contribution in [1.82, 2.24) is 20.0 Å². The largest absolute Gasteiger partial charge is 0.337 e. The molecule has 0 bridgehead atoms. The lowest BCUT2D eigenvalue weighted by atomic mass is 9.95. The van der Waals surface area contributed by atoms with Crippen LogP contribution in [0.15, 0.2) is 39.6 Å². The molecule has 0 radical (unpaired) electrons. The average Bonchev–Trinajstić information content (AvgIpc) is 3.20. The Morgan fingerprint density at radius 2 is 2.07 bits per heavy atom. The molecule has 150 valence electrons. The zero-order valence-electron chi connectivity index (χ0n) is 16.7. The Labute approximate surface area is 168 Å². The topological polar surface area (TPSA) is 92.1 Å². The summed E-state index contributed by atoms with van der Waals surface area (Å²) >= 11 is 0. The highest BCUT2D eigenvalue weighted by Crippen LogP contribution is 2.20. The summed E-state index contributed by atoms with van der Waals surface area (Å²) in [6, 6.07) is 9.58. The molecule has 0 fully saturated rings. The Hall–Kier alpha value is -3.22. The van der Waals surface area contributed by atoms with E-state index in [1.54, 1.807) is 11.0 Å². The highest BCUT2D eigenvalue weighted by molar-refractivity contribution is 5.94. The van der Waals surface area contributed by atoms with Gasteiger partial charge < -0.3 is 14.4 Å². The Kier molecular flexibility index (Phi) is 5.29. The Balaban J connectivity index is 1.55. The third-order valence-electron chi connectivity index (χ3n) is 5.31. The van der Waals surface area contributed by atoms with Crippen molar-refractivity contribution in [1.29, 1.82) is 0 Å². The summed E-state index contributed by atoms with van der Waals surface area (Å²) in [5, 5.41) is 4.03. The molecule has 29 heavy (non-hydrogen) atoms. The molecule has 7 heteroatoms. The number of aryl methyl sites for hydroxylation is 3. The number of fused-ring (bicyclic) bond motifs is 1. The minimum atomic E-state index is -0.333. The number of carbonyl (C=O) groups is 1. The van der Waals surface area contributed by atoms with Gasteiger partial charge in [-0.3, -0.25) is 9.59 Å². The van der Waals surface area contributed by atoms with Gasteiger partial charge in [0, 0.05) is 17.8 Å². The molecule has 1 aromatic carbocycles. The van der Waals surface area contributed by atoms with Gasteiger partial charge in [0.05, 0.1) is 0 Å². The van der Waals surface area contributed by atoms with Crippen LogP contribution in [0.3, 0.4) is 0 Å². The fourth-order valence-electron chi connectivity index (χ4n) is 3.72. The second-order valence-electron chi connectivity index (χ2n) is 7.42. The van der Waals surface area contributed by atoms with Crippen molar-refractivity contribution in [3.8, 4) is 11.4 Å². The third kappa shape index (κ3) is 3.99. The first kappa shape index (κ1) is 19.1. The smallest absolute Gasteiger partial charge is 0.261 e. The van der Waals surface area contributed by atoms with Gasteiger partial charge in [-0.25, -0.2) is 0 Å². The van der Waals surface area contributed by atoms with Crippen LogP contribution in [0.25, 0.3) is 11.4 Å². The Morgan fingerprint density at radius 1 is 1.24 bits per heavy atom. The molecular weight excluding hydrogens is 368 g/mol. The number of hydrogen-bond donors (Lipinski definition) is 1. The van der Waals surface area contributed by atoms with Crippen molar-refractivity contribution < 1.29 is 9.32 Å². The van der Waals surface area contributed by atoms with E-state index in [2.05, 4.69) is 15.1 Å². The lowest BCUT2D eigenvalue weighted by Gasteiger charge is -2.20. The highest BCUT2D eigenvalue weighted by Gasteiger charge is 2.23. The third-order valence-corrected chi connectivity index (χ3v) is 5.31. The quantitative estimate of drug-likeness (QED) is 0.719. The number of hydrogen-bond acceptors (Lipinski definition) is 5. The molecule has 1 aliphatic rings. The monoisotopic (exact) mass is 392 g/mol. The molecule has 0 unspecified atom stereocenters. The molecule has 0 saturated carbocycles. The van der Waals surface area contributed by atoms with E-state index < -0.39 is 0 Å². The summed E-state index contributed by atoms with van der Waals surface area (Å²) in [5.41, 5.74) is 3.83. The summed E-state index contributed by atoms with van der Waals surface area (Å²) in [4.78, 5) is 34.4. The molecule has 2 aromatic heterocycles. The van der Waals surface area contributed by atoms with E-state index in [0.717, 1.165) is 48.1 Å². The van der Waals surface area contributed by atoms with Gasteiger partial charge in [-0.2, -0.15) is 4.98 Å². The van der Waals surface area contributed by atoms with Gasteiger partial charge in [-0.15, -0.1) is 0 Å².